The average Bonchev–Trinajstić information content (AvgIpc) is 3.41. The number of nitrogens with two attached hydrogens (primary N) is 1. The van der Waals surface area contributed by atoms with E-state index in [4.69, 9.17) is 10.7 Å². The van der Waals surface area contributed by atoms with Gasteiger partial charge in [0, 0.05) is 36.7 Å². The minimum Gasteiger partial charge on any atom is -0.368 e. The molecule has 1 saturated carbocycles. The second kappa shape index (κ2) is 7.20. The summed E-state index contributed by atoms with van der Waals surface area (Å²) in [6.45, 7) is 0.718. The molecule has 8 heteroatoms. The number of H-pyrrole nitrogens is 1. The highest BCUT2D eigenvalue weighted by atomic mass is 16.1. The van der Waals surface area contributed by atoms with Crippen LogP contribution in [0.1, 0.15) is 42.1 Å². The summed E-state index contributed by atoms with van der Waals surface area (Å²) in [4.78, 5) is 22.9. The van der Waals surface area contributed by atoms with Gasteiger partial charge in [-0.25, -0.2) is 4.98 Å². The van der Waals surface area contributed by atoms with E-state index < -0.39 is 0 Å². The van der Waals surface area contributed by atoms with E-state index in [1.165, 1.54) is 12.8 Å². The number of aromatic amines is 1. The third kappa shape index (κ3) is 3.78. The van der Waals surface area contributed by atoms with Crippen LogP contribution in [0.15, 0.2) is 42.5 Å². The number of hydrogen-bond acceptors (Lipinski definition) is 6. The predicted octanol–water partition coefficient (Wildman–Crippen LogP) is 2.48. The van der Waals surface area contributed by atoms with Crippen LogP contribution in [0.4, 0.5) is 17.6 Å². The van der Waals surface area contributed by atoms with E-state index in [-0.39, 0.29) is 11.9 Å². The van der Waals surface area contributed by atoms with Gasteiger partial charge in [0.1, 0.15) is 11.9 Å². The lowest BCUT2D eigenvalue weighted by Crippen LogP contribution is -2.55. The van der Waals surface area contributed by atoms with E-state index in [0.717, 1.165) is 35.7 Å². The number of carbonyl (C=O) groups excluding carboxylic acids is 1. The Morgan fingerprint density at radius 1 is 1.14 bits per heavy atom. The van der Waals surface area contributed by atoms with Crippen molar-refractivity contribution in [3.05, 3.63) is 59.4 Å². The van der Waals surface area contributed by atoms with Crippen molar-refractivity contribution < 1.29 is 4.79 Å². The second-order valence-electron chi connectivity index (χ2n) is 7.71. The Labute approximate surface area is 168 Å². The maximum atomic E-state index is 11.7. The third-order valence-electron chi connectivity index (χ3n) is 5.47. The summed E-state index contributed by atoms with van der Waals surface area (Å²) in [7, 11) is 0. The van der Waals surface area contributed by atoms with E-state index in [2.05, 4.69) is 32.6 Å². The Balaban J connectivity index is 1.44. The monoisotopic (exact) mass is 389 g/mol. The Hall–Kier alpha value is -3.42. The quantitative estimate of drug-likeness (QED) is 0.572. The number of aromatic nitrogens is 4. The molecule has 148 valence electrons. The van der Waals surface area contributed by atoms with Gasteiger partial charge < -0.3 is 16.0 Å². The number of rotatable bonds is 7. The lowest BCUT2D eigenvalue weighted by atomic mass is 10.0. The summed E-state index contributed by atoms with van der Waals surface area (Å²) in [5.74, 6) is 2.17. The fourth-order valence-corrected chi connectivity index (χ4v) is 3.63. The summed E-state index contributed by atoms with van der Waals surface area (Å²) in [5, 5.41) is 10.7. The fraction of sp³-hybridized carbons (Fsp3) is 0.333. The largest absolute Gasteiger partial charge is 0.368 e. The zero-order valence-corrected chi connectivity index (χ0v) is 16.0. The molecule has 0 spiro atoms. The lowest BCUT2D eigenvalue weighted by molar-refractivity contribution is -0.120. The molecule has 1 saturated heterocycles. The van der Waals surface area contributed by atoms with Crippen molar-refractivity contribution in [2.24, 2.45) is 5.73 Å². The molecular weight excluding hydrogens is 366 g/mol. The summed E-state index contributed by atoms with van der Waals surface area (Å²) < 4.78 is 0. The van der Waals surface area contributed by atoms with Crippen LogP contribution in [0.25, 0.3) is 0 Å². The standard InChI is InChI=1S/C21H23N7O/c22-20(29)17-8-9-28(17)21-23-15(10-13-4-2-1-3-5-13)11-18(25-21)24-19-12-16(26-27-19)14-6-7-14/h1-5,11-12,14,17H,6-10H2,(H2,22,29)(H2,23,24,25,26,27)/t17-/m0/s1. The van der Waals surface area contributed by atoms with Gasteiger partial charge in [0.05, 0.1) is 5.69 Å². The van der Waals surface area contributed by atoms with E-state index in [0.29, 0.717) is 24.1 Å². The number of anilines is 3. The molecule has 1 aromatic carbocycles. The van der Waals surface area contributed by atoms with Gasteiger partial charge in [-0.2, -0.15) is 10.1 Å². The van der Waals surface area contributed by atoms with Crippen LogP contribution in [0, 0.1) is 0 Å². The molecule has 2 aliphatic rings. The van der Waals surface area contributed by atoms with Gasteiger partial charge in [-0.15, -0.1) is 0 Å². The van der Waals surface area contributed by atoms with Gasteiger partial charge in [-0.3, -0.25) is 9.89 Å². The normalized spacial score (nSPS) is 18.3. The van der Waals surface area contributed by atoms with E-state index in [1.54, 1.807) is 0 Å². The van der Waals surface area contributed by atoms with Gasteiger partial charge in [-0.05, 0) is 24.8 Å². The first kappa shape index (κ1) is 17.7. The highest BCUT2D eigenvalue weighted by molar-refractivity contribution is 5.84. The Bertz CT molecular complexity index is 1030. The van der Waals surface area contributed by atoms with Crippen LogP contribution in [-0.2, 0) is 11.2 Å². The Morgan fingerprint density at radius 3 is 2.66 bits per heavy atom. The number of benzene rings is 1. The van der Waals surface area contributed by atoms with Crippen LogP contribution in [0.2, 0.25) is 0 Å². The van der Waals surface area contributed by atoms with Crippen LogP contribution in [-0.4, -0.2) is 38.7 Å². The van der Waals surface area contributed by atoms with Crippen LogP contribution in [0.3, 0.4) is 0 Å². The van der Waals surface area contributed by atoms with Crippen LogP contribution in [0.5, 0.6) is 0 Å². The molecule has 2 fully saturated rings. The van der Waals surface area contributed by atoms with Gasteiger partial charge in [0.2, 0.25) is 11.9 Å². The SMILES string of the molecule is NC(=O)[C@@H]1CCN1c1nc(Cc2ccccc2)cc(Nc2cc(C3CC3)[nH]n2)n1. The van der Waals surface area contributed by atoms with Crippen molar-refractivity contribution in [3.63, 3.8) is 0 Å². The smallest absolute Gasteiger partial charge is 0.240 e. The number of primary amides is 1. The molecule has 8 nitrogen and oxygen atoms in total. The van der Waals surface area contributed by atoms with E-state index in [1.807, 2.05) is 35.2 Å². The number of nitrogens with zero attached hydrogens (tertiary/aromatic N) is 4. The van der Waals surface area contributed by atoms with Crippen molar-refractivity contribution in [2.75, 3.05) is 16.8 Å². The zero-order chi connectivity index (χ0) is 19.8. The predicted molar refractivity (Wildman–Crippen MR) is 110 cm³/mol. The maximum absolute atomic E-state index is 11.7. The fourth-order valence-electron chi connectivity index (χ4n) is 3.63. The first-order valence-corrected chi connectivity index (χ1v) is 9.96. The van der Waals surface area contributed by atoms with Gasteiger partial charge in [-0.1, -0.05) is 30.3 Å². The molecule has 0 unspecified atom stereocenters. The van der Waals surface area contributed by atoms with Crippen molar-refractivity contribution in [1.82, 2.24) is 20.2 Å². The summed E-state index contributed by atoms with van der Waals surface area (Å²) in [6, 6.07) is 13.8. The van der Waals surface area contributed by atoms with Crippen molar-refractivity contribution in [1.29, 1.82) is 0 Å². The second-order valence-corrected chi connectivity index (χ2v) is 7.71. The molecule has 3 heterocycles. The van der Waals surface area contributed by atoms with Crippen molar-refractivity contribution in [2.45, 2.75) is 37.6 Å². The van der Waals surface area contributed by atoms with E-state index in [9.17, 15) is 4.79 Å². The van der Waals surface area contributed by atoms with Crippen molar-refractivity contribution >= 4 is 23.5 Å². The van der Waals surface area contributed by atoms with Gasteiger partial charge in [0.15, 0.2) is 5.82 Å². The molecular formula is C21H23N7O. The Kier molecular flexibility index (Phi) is 4.38. The molecule has 5 rings (SSSR count). The molecule has 1 aliphatic heterocycles. The topological polar surface area (TPSA) is 113 Å². The van der Waals surface area contributed by atoms with Gasteiger partial charge >= 0.3 is 0 Å². The summed E-state index contributed by atoms with van der Waals surface area (Å²) in [6.07, 6.45) is 3.83. The molecule has 0 bridgehead atoms. The van der Waals surface area contributed by atoms with Crippen LogP contribution >= 0.6 is 0 Å². The summed E-state index contributed by atoms with van der Waals surface area (Å²) >= 11 is 0. The highest BCUT2D eigenvalue weighted by Crippen LogP contribution is 2.39. The lowest BCUT2D eigenvalue weighted by Gasteiger charge is -2.38. The number of nitrogens with one attached hydrogen (secondary N) is 2. The van der Waals surface area contributed by atoms with Crippen molar-refractivity contribution in [3.8, 4) is 0 Å². The maximum Gasteiger partial charge on any atom is 0.240 e. The summed E-state index contributed by atoms with van der Waals surface area (Å²) in [5.41, 5.74) is 8.71. The molecule has 4 N–H and O–H groups in total. The molecule has 1 aliphatic carbocycles. The van der Waals surface area contributed by atoms with Gasteiger partial charge in [0.25, 0.3) is 0 Å². The molecule has 0 radical (unpaired) electrons. The minimum absolute atomic E-state index is 0.343. The Morgan fingerprint density at radius 2 is 1.97 bits per heavy atom. The first-order chi connectivity index (χ1) is 14.2. The molecule has 3 aromatic rings. The van der Waals surface area contributed by atoms with E-state index >= 15 is 0 Å². The highest BCUT2D eigenvalue weighted by Gasteiger charge is 2.35. The first-order valence-electron chi connectivity index (χ1n) is 9.96. The molecule has 1 amide bonds. The van der Waals surface area contributed by atoms with Crippen LogP contribution < -0.4 is 16.0 Å². The number of hydrogen-bond donors (Lipinski definition) is 3. The average molecular weight is 389 g/mol. The third-order valence-corrected chi connectivity index (χ3v) is 5.47. The molecule has 29 heavy (non-hydrogen) atoms. The number of carbonyl (C=O) groups is 1. The number of amides is 1. The molecule has 1 atom stereocenters. The molecule has 2 aromatic heterocycles. The zero-order valence-electron chi connectivity index (χ0n) is 16.0. The minimum atomic E-state index is -0.346.